The van der Waals surface area contributed by atoms with Crippen molar-refractivity contribution < 1.29 is 4.74 Å². The van der Waals surface area contributed by atoms with Crippen LogP contribution in [0.4, 0.5) is 0 Å². The van der Waals surface area contributed by atoms with Gasteiger partial charge in [0, 0.05) is 12.0 Å². The number of hydrogen-bond donors (Lipinski definition) is 0. The Morgan fingerprint density at radius 2 is 1.93 bits per heavy atom. The Balaban J connectivity index is 1.94. The highest BCUT2D eigenvalue weighted by molar-refractivity contribution is 6.14. The molecule has 0 saturated carbocycles. The molecule has 5 heteroatoms. The van der Waals surface area contributed by atoms with Gasteiger partial charge in [-0.3, -0.25) is 0 Å². The van der Waals surface area contributed by atoms with E-state index in [1.807, 2.05) is 23.0 Å². The number of nitrogens with zero attached hydrogens (tertiary/aromatic N) is 4. The van der Waals surface area contributed by atoms with E-state index in [2.05, 4.69) is 56.8 Å². The van der Waals surface area contributed by atoms with Crippen molar-refractivity contribution in [3.8, 4) is 5.75 Å². The smallest absolute Gasteiger partial charge is 0.198 e. The second kappa shape index (κ2) is 6.48. The lowest BCUT2D eigenvalue weighted by atomic mass is 9.98. The van der Waals surface area contributed by atoms with Gasteiger partial charge in [0.15, 0.2) is 11.4 Å². The average molecular weight is 362 g/mol. The standard InChI is InChI=1S/C22H26N4O/c1-6-7-11-22(5)25-19(17-10-8-9-14(2)20(17)27-22)18-13-23-21-16(4)15(3)12-24-26(18)21/h8-10,12-13H,6-7,11H2,1-5H3. The molecule has 3 aromatic rings. The average Bonchev–Trinajstić information content (AvgIpc) is 3.08. The third-order valence-corrected chi connectivity index (χ3v) is 5.41. The summed E-state index contributed by atoms with van der Waals surface area (Å²) in [4.78, 5) is 9.71. The van der Waals surface area contributed by atoms with E-state index in [0.717, 1.165) is 64.3 Å². The summed E-state index contributed by atoms with van der Waals surface area (Å²) < 4.78 is 8.30. The Bertz CT molecular complexity index is 1050. The molecule has 1 atom stereocenters. The van der Waals surface area contributed by atoms with Crippen LogP contribution in [0.15, 0.2) is 35.6 Å². The fourth-order valence-electron chi connectivity index (χ4n) is 3.62. The normalized spacial score (nSPS) is 18.9. The minimum Gasteiger partial charge on any atom is -0.466 e. The lowest BCUT2D eigenvalue weighted by Crippen LogP contribution is -2.36. The number of benzene rings is 1. The molecule has 0 N–H and O–H groups in total. The summed E-state index contributed by atoms with van der Waals surface area (Å²) in [7, 11) is 0. The van der Waals surface area contributed by atoms with Gasteiger partial charge >= 0.3 is 0 Å². The van der Waals surface area contributed by atoms with Gasteiger partial charge in [-0.05, 0) is 56.9 Å². The van der Waals surface area contributed by atoms with Gasteiger partial charge in [0.2, 0.25) is 0 Å². The van der Waals surface area contributed by atoms with Crippen molar-refractivity contribution in [2.75, 3.05) is 0 Å². The number of para-hydroxylation sites is 1. The fourth-order valence-corrected chi connectivity index (χ4v) is 3.62. The molecule has 0 spiro atoms. The summed E-state index contributed by atoms with van der Waals surface area (Å²) in [6, 6.07) is 6.21. The van der Waals surface area contributed by atoms with Crippen LogP contribution in [0.1, 0.15) is 61.1 Å². The molecule has 2 aromatic heterocycles. The van der Waals surface area contributed by atoms with Gasteiger partial charge in [-0.25, -0.2) is 14.5 Å². The van der Waals surface area contributed by atoms with Crippen LogP contribution < -0.4 is 4.74 Å². The Hall–Kier alpha value is -2.69. The first-order valence-corrected chi connectivity index (χ1v) is 9.62. The van der Waals surface area contributed by atoms with Gasteiger partial charge in [0.25, 0.3) is 0 Å². The quantitative estimate of drug-likeness (QED) is 0.670. The maximum absolute atomic E-state index is 6.40. The minimum atomic E-state index is -0.575. The molecule has 1 unspecified atom stereocenters. The molecule has 5 nitrogen and oxygen atoms in total. The van der Waals surface area contributed by atoms with Crippen LogP contribution in [0.3, 0.4) is 0 Å². The predicted molar refractivity (Wildman–Crippen MR) is 108 cm³/mol. The molecule has 4 rings (SSSR count). The van der Waals surface area contributed by atoms with E-state index < -0.39 is 5.72 Å². The third-order valence-electron chi connectivity index (χ3n) is 5.41. The highest BCUT2D eigenvalue weighted by Crippen LogP contribution is 2.37. The molecule has 1 aromatic carbocycles. The minimum absolute atomic E-state index is 0.575. The Labute approximate surface area is 160 Å². The maximum atomic E-state index is 6.40. The largest absolute Gasteiger partial charge is 0.466 e. The van der Waals surface area contributed by atoms with Crippen molar-refractivity contribution >= 4 is 11.4 Å². The van der Waals surface area contributed by atoms with Crippen LogP contribution in [-0.2, 0) is 0 Å². The van der Waals surface area contributed by atoms with E-state index >= 15 is 0 Å². The molecule has 0 saturated heterocycles. The monoisotopic (exact) mass is 362 g/mol. The van der Waals surface area contributed by atoms with Gasteiger partial charge in [-0.2, -0.15) is 5.10 Å². The van der Waals surface area contributed by atoms with E-state index in [1.54, 1.807) is 0 Å². The zero-order valence-electron chi connectivity index (χ0n) is 16.7. The molecule has 140 valence electrons. The summed E-state index contributed by atoms with van der Waals surface area (Å²) in [5.74, 6) is 0.917. The first-order valence-electron chi connectivity index (χ1n) is 9.62. The summed E-state index contributed by atoms with van der Waals surface area (Å²) in [6.45, 7) is 10.5. The molecule has 1 aliphatic rings. The summed E-state index contributed by atoms with van der Waals surface area (Å²) in [5, 5.41) is 4.61. The van der Waals surface area contributed by atoms with E-state index in [9.17, 15) is 0 Å². The predicted octanol–water partition coefficient (Wildman–Crippen LogP) is 4.79. The van der Waals surface area contributed by atoms with Gasteiger partial charge in [-0.15, -0.1) is 0 Å². The maximum Gasteiger partial charge on any atom is 0.198 e. The van der Waals surface area contributed by atoms with Crippen molar-refractivity contribution in [2.45, 2.75) is 59.6 Å². The zero-order chi connectivity index (χ0) is 19.2. The molecule has 0 radical (unpaired) electrons. The van der Waals surface area contributed by atoms with Crippen LogP contribution in [-0.4, -0.2) is 26.0 Å². The Morgan fingerprint density at radius 3 is 2.70 bits per heavy atom. The molecule has 0 amide bonds. The van der Waals surface area contributed by atoms with Crippen molar-refractivity contribution in [1.29, 1.82) is 0 Å². The Kier molecular flexibility index (Phi) is 4.25. The lowest BCUT2D eigenvalue weighted by Gasteiger charge is -2.34. The highest BCUT2D eigenvalue weighted by Gasteiger charge is 2.34. The zero-order valence-corrected chi connectivity index (χ0v) is 16.7. The molecule has 27 heavy (non-hydrogen) atoms. The van der Waals surface area contributed by atoms with Crippen LogP contribution >= 0.6 is 0 Å². The van der Waals surface area contributed by atoms with E-state index in [-0.39, 0.29) is 0 Å². The van der Waals surface area contributed by atoms with Crippen molar-refractivity contribution in [1.82, 2.24) is 14.6 Å². The lowest BCUT2D eigenvalue weighted by molar-refractivity contribution is 0.0813. The highest BCUT2D eigenvalue weighted by atomic mass is 16.5. The number of rotatable bonds is 4. The fraction of sp³-hybridized carbons (Fsp3) is 0.409. The van der Waals surface area contributed by atoms with E-state index in [0.29, 0.717) is 0 Å². The third kappa shape index (κ3) is 2.91. The number of aliphatic imine (C=N–C) groups is 1. The van der Waals surface area contributed by atoms with Gasteiger partial charge in [0.1, 0.15) is 17.2 Å². The van der Waals surface area contributed by atoms with Crippen molar-refractivity contribution in [2.24, 2.45) is 4.99 Å². The van der Waals surface area contributed by atoms with Crippen molar-refractivity contribution in [3.63, 3.8) is 0 Å². The second-order valence-corrected chi connectivity index (χ2v) is 7.62. The molecular weight excluding hydrogens is 336 g/mol. The first kappa shape index (κ1) is 17.7. The van der Waals surface area contributed by atoms with Crippen LogP contribution in [0.5, 0.6) is 5.75 Å². The van der Waals surface area contributed by atoms with Gasteiger partial charge in [0.05, 0.1) is 12.4 Å². The summed E-state index contributed by atoms with van der Waals surface area (Å²) >= 11 is 0. The van der Waals surface area contributed by atoms with Gasteiger partial charge < -0.3 is 4.74 Å². The molecule has 0 aliphatic carbocycles. The molecule has 1 aliphatic heterocycles. The number of aryl methyl sites for hydroxylation is 3. The van der Waals surface area contributed by atoms with E-state index in [4.69, 9.17) is 9.73 Å². The molecule has 3 heterocycles. The van der Waals surface area contributed by atoms with E-state index in [1.165, 1.54) is 0 Å². The number of hydrogen-bond acceptors (Lipinski definition) is 4. The Morgan fingerprint density at radius 1 is 1.11 bits per heavy atom. The SMILES string of the molecule is CCCCC1(C)N=C(c2cnc3c(C)c(C)cnn23)c2cccc(C)c2O1. The van der Waals surface area contributed by atoms with Crippen LogP contribution in [0, 0.1) is 20.8 Å². The molecule has 0 fully saturated rings. The van der Waals surface area contributed by atoms with Crippen LogP contribution in [0.2, 0.25) is 0 Å². The first-order chi connectivity index (χ1) is 12.9. The van der Waals surface area contributed by atoms with Gasteiger partial charge in [-0.1, -0.05) is 25.5 Å². The summed E-state index contributed by atoms with van der Waals surface area (Å²) in [5.41, 5.74) is 6.52. The van der Waals surface area contributed by atoms with Crippen LogP contribution in [0.25, 0.3) is 5.65 Å². The topological polar surface area (TPSA) is 51.8 Å². The second-order valence-electron chi connectivity index (χ2n) is 7.62. The number of imidazole rings is 1. The number of aromatic nitrogens is 3. The number of unbranched alkanes of at least 4 members (excludes halogenated alkanes) is 1. The molecule has 0 bridgehead atoms. The molecular formula is C22H26N4O. The van der Waals surface area contributed by atoms with Crippen molar-refractivity contribution in [3.05, 3.63) is 58.5 Å². The summed E-state index contributed by atoms with van der Waals surface area (Å²) in [6.07, 6.45) is 6.83. The number of ether oxygens (including phenoxy) is 1. The number of fused-ring (bicyclic) bond motifs is 2.